The highest BCUT2D eigenvalue weighted by atomic mass is 16.6. The standard InChI is InChI=1S/C24H20N4O3/c29-24-22(19-14-18(28(30)31)9-11-21(19)27-24)23(15-5-2-1-3-6-15)26-17-8-10-20-16(13-17)7-4-12-25-20/h1-3,5-6,8-11,13-14,22,25H,4,7,12H2,(H,27,29). The topological polar surface area (TPSA) is 96.6 Å². The lowest BCUT2D eigenvalue weighted by Crippen LogP contribution is -2.22. The predicted molar refractivity (Wildman–Crippen MR) is 120 cm³/mol. The van der Waals surface area contributed by atoms with Crippen molar-refractivity contribution in [2.45, 2.75) is 18.8 Å². The van der Waals surface area contributed by atoms with Crippen molar-refractivity contribution in [1.29, 1.82) is 0 Å². The number of carbonyl (C=O) groups excluding carboxylic acids is 1. The number of anilines is 2. The van der Waals surface area contributed by atoms with Crippen LogP contribution >= 0.6 is 0 Å². The van der Waals surface area contributed by atoms with Crippen LogP contribution < -0.4 is 10.6 Å². The van der Waals surface area contributed by atoms with Gasteiger partial charge in [0.15, 0.2) is 0 Å². The van der Waals surface area contributed by atoms with E-state index in [2.05, 4.69) is 10.6 Å². The van der Waals surface area contributed by atoms with Gasteiger partial charge in [0.1, 0.15) is 5.92 Å². The Morgan fingerprint density at radius 1 is 1.03 bits per heavy atom. The maximum atomic E-state index is 13.0. The van der Waals surface area contributed by atoms with Gasteiger partial charge in [-0.25, -0.2) is 0 Å². The summed E-state index contributed by atoms with van der Waals surface area (Å²) in [6.45, 7) is 0.961. The molecule has 2 aliphatic rings. The van der Waals surface area contributed by atoms with Gasteiger partial charge in [-0.15, -0.1) is 0 Å². The van der Waals surface area contributed by atoms with E-state index in [0.29, 0.717) is 17.0 Å². The molecule has 2 heterocycles. The van der Waals surface area contributed by atoms with Gasteiger partial charge in [0, 0.05) is 35.6 Å². The van der Waals surface area contributed by atoms with Crippen LogP contribution in [0.4, 0.5) is 22.7 Å². The van der Waals surface area contributed by atoms with E-state index < -0.39 is 10.8 Å². The average Bonchev–Trinajstić information content (AvgIpc) is 3.12. The van der Waals surface area contributed by atoms with Crippen LogP contribution in [0.2, 0.25) is 0 Å². The second kappa shape index (κ2) is 7.68. The summed E-state index contributed by atoms with van der Waals surface area (Å²) < 4.78 is 0. The number of nitrogens with zero attached hydrogens (tertiary/aromatic N) is 2. The molecule has 3 aromatic rings. The van der Waals surface area contributed by atoms with Crippen LogP contribution in [0.3, 0.4) is 0 Å². The number of nitro benzene ring substituents is 1. The Bertz CT molecular complexity index is 1220. The van der Waals surface area contributed by atoms with Gasteiger partial charge in [-0.1, -0.05) is 30.3 Å². The van der Waals surface area contributed by atoms with Gasteiger partial charge in [0.2, 0.25) is 5.91 Å². The first-order chi connectivity index (χ1) is 15.1. The minimum absolute atomic E-state index is 0.0486. The summed E-state index contributed by atoms with van der Waals surface area (Å²) >= 11 is 0. The molecular weight excluding hydrogens is 392 g/mol. The van der Waals surface area contributed by atoms with Crippen molar-refractivity contribution in [2.24, 2.45) is 4.99 Å². The van der Waals surface area contributed by atoms with Gasteiger partial charge in [-0.2, -0.15) is 0 Å². The highest BCUT2D eigenvalue weighted by Gasteiger charge is 2.36. The molecule has 0 fully saturated rings. The highest BCUT2D eigenvalue weighted by molar-refractivity contribution is 6.24. The number of hydrogen-bond acceptors (Lipinski definition) is 5. The Morgan fingerprint density at radius 3 is 2.65 bits per heavy atom. The van der Waals surface area contributed by atoms with E-state index >= 15 is 0 Å². The molecule has 1 amide bonds. The van der Waals surface area contributed by atoms with Crippen molar-refractivity contribution in [3.8, 4) is 0 Å². The summed E-state index contributed by atoms with van der Waals surface area (Å²) in [5, 5.41) is 17.6. The van der Waals surface area contributed by atoms with E-state index in [9.17, 15) is 14.9 Å². The quantitative estimate of drug-likeness (QED) is 0.365. The zero-order valence-corrected chi connectivity index (χ0v) is 16.7. The fraction of sp³-hybridized carbons (Fsp3) is 0.167. The number of amides is 1. The highest BCUT2D eigenvalue weighted by Crippen LogP contribution is 2.38. The van der Waals surface area contributed by atoms with Crippen LogP contribution in [-0.4, -0.2) is 23.1 Å². The molecule has 5 rings (SSSR count). The first-order valence-electron chi connectivity index (χ1n) is 10.2. The first kappa shape index (κ1) is 19.0. The monoisotopic (exact) mass is 412 g/mol. The van der Waals surface area contributed by atoms with Crippen molar-refractivity contribution in [3.05, 3.63) is 93.5 Å². The molecule has 0 saturated heterocycles. The van der Waals surface area contributed by atoms with Crippen molar-refractivity contribution in [3.63, 3.8) is 0 Å². The SMILES string of the molecule is O=C1Nc2ccc([N+](=O)[O-])cc2C1C(=Nc1ccc2c(c1)CCCN2)c1ccccc1. The van der Waals surface area contributed by atoms with Crippen LogP contribution in [0.1, 0.15) is 29.0 Å². The van der Waals surface area contributed by atoms with Crippen LogP contribution in [-0.2, 0) is 11.2 Å². The molecule has 154 valence electrons. The number of aryl methyl sites for hydroxylation is 1. The van der Waals surface area contributed by atoms with Crippen LogP contribution in [0.5, 0.6) is 0 Å². The number of aliphatic imine (C=N–C) groups is 1. The summed E-state index contributed by atoms with van der Waals surface area (Å²) in [4.78, 5) is 28.8. The Morgan fingerprint density at radius 2 is 1.84 bits per heavy atom. The first-order valence-corrected chi connectivity index (χ1v) is 10.2. The number of hydrogen-bond donors (Lipinski definition) is 2. The van der Waals surface area contributed by atoms with Gasteiger partial charge in [-0.05, 0) is 48.2 Å². The molecule has 0 spiro atoms. The third kappa shape index (κ3) is 3.54. The van der Waals surface area contributed by atoms with E-state index in [0.717, 1.165) is 36.3 Å². The number of fused-ring (bicyclic) bond motifs is 2. The predicted octanol–water partition coefficient (Wildman–Crippen LogP) is 4.81. The third-order valence-electron chi connectivity index (χ3n) is 5.70. The van der Waals surface area contributed by atoms with Crippen molar-refractivity contribution >= 4 is 34.4 Å². The minimum Gasteiger partial charge on any atom is -0.385 e. The Hall–Kier alpha value is -4.00. The molecule has 2 aliphatic heterocycles. The number of benzene rings is 3. The average molecular weight is 412 g/mol. The number of nitro groups is 1. The molecule has 7 heteroatoms. The number of non-ortho nitro benzene ring substituents is 1. The maximum absolute atomic E-state index is 13.0. The van der Waals surface area contributed by atoms with Crippen molar-refractivity contribution in [2.75, 3.05) is 17.2 Å². The Balaban J connectivity index is 1.65. The fourth-order valence-electron chi connectivity index (χ4n) is 4.21. The Labute approximate surface area is 179 Å². The minimum atomic E-state index is -0.730. The largest absolute Gasteiger partial charge is 0.385 e. The van der Waals surface area contributed by atoms with Gasteiger partial charge >= 0.3 is 0 Å². The third-order valence-corrected chi connectivity index (χ3v) is 5.70. The van der Waals surface area contributed by atoms with E-state index in [1.165, 1.54) is 17.7 Å². The van der Waals surface area contributed by atoms with E-state index in [1.807, 2.05) is 48.5 Å². The molecule has 0 aliphatic carbocycles. The van der Waals surface area contributed by atoms with Crippen molar-refractivity contribution in [1.82, 2.24) is 0 Å². The maximum Gasteiger partial charge on any atom is 0.269 e. The lowest BCUT2D eigenvalue weighted by Gasteiger charge is -2.18. The van der Waals surface area contributed by atoms with Gasteiger partial charge in [0.05, 0.1) is 16.3 Å². The molecule has 2 N–H and O–H groups in total. The molecule has 31 heavy (non-hydrogen) atoms. The normalized spacial score (nSPS) is 17.4. The van der Waals surface area contributed by atoms with E-state index in [-0.39, 0.29) is 11.6 Å². The zero-order chi connectivity index (χ0) is 21.4. The summed E-state index contributed by atoms with van der Waals surface area (Å²) in [7, 11) is 0. The summed E-state index contributed by atoms with van der Waals surface area (Å²) in [6, 6.07) is 19.9. The molecule has 0 radical (unpaired) electrons. The van der Waals surface area contributed by atoms with Crippen LogP contribution in [0.15, 0.2) is 71.7 Å². The molecule has 0 aromatic heterocycles. The number of carbonyl (C=O) groups is 1. The second-order valence-electron chi connectivity index (χ2n) is 7.69. The van der Waals surface area contributed by atoms with E-state index in [4.69, 9.17) is 4.99 Å². The number of nitrogens with one attached hydrogen (secondary N) is 2. The Kier molecular flexibility index (Phi) is 4.71. The second-order valence-corrected chi connectivity index (χ2v) is 7.69. The fourth-order valence-corrected chi connectivity index (χ4v) is 4.21. The van der Waals surface area contributed by atoms with Gasteiger partial charge in [0.25, 0.3) is 5.69 Å². The summed E-state index contributed by atoms with van der Waals surface area (Å²) in [5.41, 5.74) is 5.55. The lowest BCUT2D eigenvalue weighted by atomic mass is 9.90. The molecule has 3 aromatic carbocycles. The van der Waals surface area contributed by atoms with E-state index in [1.54, 1.807) is 6.07 Å². The van der Waals surface area contributed by atoms with Crippen LogP contribution in [0, 0.1) is 10.1 Å². The molecule has 7 nitrogen and oxygen atoms in total. The number of rotatable bonds is 4. The summed E-state index contributed by atoms with van der Waals surface area (Å²) in [5.74, 6) is -0.968. The molecule has 1 atom stereocenters. The smallest absolute Gasteiger partial charge is 0.269 e. The van der Waals surface area contributed by atoms with Gasteiger partial charge < -0.3 is 10.6 Å². The van der Waals surface area contributed by atoms with Gasteiger partial charge in [-0.3, -0.25) is 19.9 Å². The molecular formula is C24H20N4O3. The zero-order valence-electron chi connectivity index (χ0n) is 16.7. The molecule has 0 bridgehead atoms. The molecule has 1 unspecified atom stereocenters. The molecule has 0 saturated carbocycles. The lowest BCUT2D eigenvalue weighted by molar-refractivity contribution is -0.384. The summed E-state index contributed by atoms with van der Waals surface area (Å²) in [6.07, 6.45) is 2.04. The van der Waals surface area contributed by atoms with Crippen LogP contribution in [0.25, 0.3) is 0 Å². The van der Waals surface area contributed by atoms with Crippen molar-refractivity contribution < 1.29 is 9.72 Å².